The molecule has 0 radical (unpaired) electrons. The Morgan fingerprint density at radius 2 is 1.75 bits per heavy atom. The van der Waals surface area contributed by atoms with Gasteiger partial charge in [0.05, 0.1) is 18.7 Å². The molecule has 0 spiro atoms. The van der Waals surface area contributed by atoms with Crippen molar-refractivity contribution in [3.63, 3.8) is 0 Å². The van der Waals surface area contributed by atoms with Crippen molar-refractivity contribution in [1.29, 1.82) is 0 Å². The number of aryl methyl sites for hydroxylation is 1. The quantitative estimate of drug-likeness (QED) is 0.375. The van der Waals surface area contributed by atoms with Gasteiger partial charge in [-0.1, -0.05) is 0 Å². The molecule has 1 aliphatic rings. The summed E-state index contributed by atoms with van der Waals surface area (Å²) < 4.78 is 32.7. The molecule has 0 aliphatic carbocycles. The van der Waals surface area contributed by atoms with Crippen molar-refractivity contribution in [2.45, 2.75) is 13.0 Å². The molecule has 4 rings (SSSR count). The van der Waals surface area contributed by atoms with Gasteiger partial charge >= 0.3 is 0 Å². The van der Waals surface area contributed by atoms with Crippen LogP contribution in [0.4, 0.5) is 14.5 Å². The second-order valence-corrected chi connectivity index (χ2v) is 7.23. The topological polar surface area (TPSA) is 79.7 Å². The number of ketones is 1. The van der Waals surface area contributed by atoms with Gasteiger partial charge < -0.3 is 9.84 Å². The SMILES string of the molecule is COc1ccc(/C(O)=C2\C(=O)C(=O)N(c3ccc(F)c(F)c3)C2c2ccncc2)cc1C. The lowest BCUT2D eigenvalue weighted by atomic mass is 9.95. The molecule has 6 nitrogen and oxygen atoms in total. The van der Waals surface area contributed by atoms with Crippen LogP contribution in [-0.4, -0.2) is 28.9 Å². The van der Waals surface area contributed by atoms with E-state index in [1.54, 1.807) is 37.3 Å². The molecule has 2 aromatic carbocycles. The molecule has 1 N–H and O–H groups in total. The van der Waals surface area contributed by atoms with Gasteiger partial charge in [0, 0.05) is 29.7 Å². The first-order valence-corrected chi connectivity index (χ1v) is 9.64. The molecule has 8 heteroatoms. The van der Waals surface area contributed by atoms with E-state index in [0.29, 0.717) is 22.4 Å². The van der Waals surface area contributed by atoms with Crippen molar-refractivity contribution in [2.24, 2.45) is 0 Å². The van der Waals surface area contributed by atoms with Gasteiger partial charge in [0.25, 0.3) is 11.7 Å². The maximum absolute atomic E-state index is 13.9. The fraction of sp³-hybridized carbons (Fsp3) is 0.125. The molecule has 0 bridgehead atoms. The van der Waals surface area contributed by atoms with Gasteiger partial charge in [-0.05, 0) is 60.5 Å². The number of hydrogen-bond donors (Lipinski definition) is 1. The number of amides is 1. The van der Waals surface area contributed by atoms with Crippen LogP contribution in [0.2, 0.25) is 0 Å². The molecule has 1 aliphatic heterocycles. The Kier molecular flexibility index (Phi) is 5.44. The zero-order chi connectivity index (χ0) is 23.0. The van der Waals surface area contributed by atoms with Crippen LogP contribution < -0.4 is 9.64 Å². The van der Waals surface area contributed by atoms with Crippen LogP contribution in [0.5, 0.6) is 5.75 Å². The fourth-order valence-corrected chi connectivity index (χ4v) is 3.78. The Balaban J connectivity index is 1.94. The highest BCUT2D eigenvalue weighted by atomic mass is 19.2. The number of hydrogen-bond acceptors (Lipinski definition) is 5. The van der Waals surface area contributed by atoms with E-state index in [1.165, 1.54) is 25.6 Å². The summed E-state index contributed by atoms with van der Waals surface area (Å²) >= 11 is 0. The number of methoxy groups -OCH3 is 1. The number of ether oxygens (including phenoxy) is 1. The Bertz CT molecular complexity index is 1260. The Hall–Kier alpha value is -4.07. The van der Waals surface area contributed by atoms with Gasteiger partial charge in [0.2, 0.25) is 0 Å². The average Bonchev–Trinajstić information content (AvgIpc) is 3.06. The molecule has 1 atom stereocenters. The van der Waals surface area contributed by atoms with Crippen LogP contribution in [0.15, 0.2) is 66.5 Å². The molecule has 32 heavy (non-hydrogen) atoms. The number of carbonyl (C=O) groups is 2. The largest absolute Gasteiger partial charge is 0.507 e. The smallest absolute Gasteiger partial charge is 0.300 e. The van der Waals surface area contributed by atoms with Crippen LogP contribution in [0, 0.1) is 18.6 Å². The summed E-state index contributed by atoms with van der Waals surface area (Å²) in [6.45, 7) is 1.77. The number of aliphatic hydroxyl groups is 1. The van der Waals surface area contributed by atoms with Crippen LogP contribution >= 0.6 is 0 Å². The number of aromatic nitrogens is 1. The van der Waals surface area contributed by atoms with E-state index in [9.17, 15) is 23.5 Å². The summed E-state index contributed by atoms with van der Waals surface area (Å²) in [5.41, 5.74) is 1.31. The van der Waals surface area contributed by atoms with Gasteiger partial charge in [-0.2, -0.15) is 0 Å². The lowest BCUT2D eigenvalue weighted by Gasteiger charge is -2.25. The number of nitrogens with zero attached hydrogens (tertiary/aromatic N) is 2. The van der Waals surface area contributed by atoms with Gasteiger partial charge in [-0.3, -0.25) is 19.5 Å². The Morgan fingerprint density at radius 3 is 2.38 bits per heavy atom. The van der Waals surface area contributed by atoms with Crippen LogP contribution in [0.25, 0.3) is 5.76 Å². The minimum Gasteiger partial charge on any atom is -0.507 e. The molecule has 1 aromatic heterocycles. The number of rotatable bonds is 4. The maximum Gasteiger partial charge on any atom is 0.300 e. The average molecular weight is 436 g/mol. The Morgan fingerprint density at radius 1 is 1.03 bits per heavy atom. The number of benzene rings is 2. The maximum atomic E-state index is 13.9. The second-order valence-electron chi connectivity index (χ2n) is 7.23. The molecule has 1 amide bonds. The molecule has 162 valence electrons. The highest BCUT2D eigenvalue weighted by molar-refractivity contribution is 6.51. The summed E-state index contributed by atoms with van der Waals surface area (Å²) in [7, 11) is 1.51. The first-order chi connectivity index (χ1) is 15.3. The first kappa shape index (κ1) is 21.2. The second kappa shape index (κ2) is 8.22. The van der Waals surface area contributed by atoms with E-state index >= 15 is 0 Å². The fourth-order valence-electron chi connectivity index (χ4n) is 3.78. The van der Waals surface area contributed by atoms with Gasteiger partial charge in [0.15, 0.2) is 11.6 Å². The number of anilines is 1. The van der Waals surface area contributed by atoms with E-state index in [0.717, 1.165) is 17.0 Å². The van der Waals surface area contributed by atoms with Crippen LogP contribution in [-0.2, 0) is 9.59 Å². The third kappa shape index (κ3) is 3.49. The van der Waals surface area contributed by atoms with Gasteiger partial charge in [-0.25, -0.2) is 8.78 Å². The van der Waals surface area contributed by atoms with Crippen molar-refractivity contribution in [3.8, 4) is 5.75 Å². The minimum absolute atomic E-state index is 0.0160. The van der Waals surface area contributed by atoms with Crippen LogP contribution in [0.1, 0.15) is 22.7 Å². The summed E-state index contributed by atoms with van der Waals surface area (Å²) in [6, 6.07) is 9.84. The predicted molar refractivity (Wildman–Crippen MR) is 113 cm³/mol. The van der Waals surface area contributed by atoms with Gasteiger partial charge in [0.1, 0.15) is 11.5 Å². The predicted octanol–water partition coefficient (Wildman–Crippen LogP) is 4.30. The zero-order valence-electron chi connectivity index (χ0n) is 17.2. The molecular formula is C24H18F2N2O4. The molecule has 0 saturated carbocycles. The zero-order valence-corrected chi connectivity index (χ0v) is 17.2. The van der Waals surface area contributed by atoms with Crippen molar-refractivity contribution in [3.05, 3.63) is 94.8 Å². The minimum atomic E-state index is -1.16. The van der Waals surface area contributed by atoms with Crippen molar-refractivity contribution >= 4 is 23.1 Å². The molecule has 3 aromatic rings. The van der Waals surface area contributed by atoms with E-state index in [2.05, 4.69) is 4.98 Å². The number of aliphatic hydroxyl groups excluding tert-OH is 1. The third-order valence-electron chi connectivity index (χ3n) is 5.32. The highest BCUT2D eigenvalue weighted by Gasteiger charge is 2.47. The normalized spacial score (nSPS) is 17.6. The standard InChI is InChI=1S/C24H18F2N2O4/c1-13-11-15(3-6-19(13)32-2)22(29)20-21(14-7-9-27-10-8-14)28(24(31)23(20)30)16-4-5-17(25)18(26)12-16/h3-12,21,29H,1-2H3/b22-20+. The third-order valence-corrected chi connectivity index (χ3v) is 5.32. The number of pyridine rings is 1. The molecule has 1 unspecified atom stereocenters. The summed E-state index contributed by atoms with van der Waals surface area (Å²) in [6.07, 6.45) is 2.94. The van der Waals surface area contributed by atoms with E-state index in [1.807, 2.05) is 0 Å². The lowest BCUT2D eigenvalue weighted by molar-refractivity contribution is -0.132. The summed E-state index contributed by atoms with van der Waals surface area (Å²) in [4.78, 5) is 31.0. The van der Waals surface area contributed by atoms with E-state index in [4.69, 9.17) is 4.74 Å². The summed E-state index contributed by atoms with van der Waals surface area (Å²) in [5.74, 6) is -3.95. The van der Waals surface area contributed by atoms with Crippen molar-refractivity contribution in [1.82, 2.24) is 4.98 Å². The number of Topliss-reactive ketones (excluding diaryl/α,β-unsaturated/α-hetero) is 1. The highest BCUT2D eigenvalue weighted by Crippen LogP contribution is 2.42. The van der Waals surface area contributed by atoms with E-state index in [-0.39, 0.29) is 17.0 Å². The molecule has 1 saturated heterocycles. The number of carbonyl (C=O) groups excluding carboxylic acids is 2. The molecular weight excluding hydrogens is 418 g/mol. The first-order valence-electron chi connectivity index (χ1n) is 9.64. The monoisotopic (exact) mass is 436 g/mol. The molecule has 2 heterocycles. The van der Waals surface area contributed by atoms with Crippen molar-refractivity contribution < 1.29 is 28.2 Å². The molecule has 1 fully saturated rings. The van der Waals surface area contributed by atoms with E-state index < -0.39 is 29.4 Å². The number of halogens is 2. The van der Waals surface area contributed by atoms with Crippen LogP contribution in [0.3, 0.4) is 0 Å². The van der Waals surface area contributed by atoms with Gasteiger partial charge in [-0.15, -0.1) is 0 Å². The summed E-state index contributed by atoms with van der Waals surface area (Å²) in [5, 5.41) is 11.1. The Labute approximate surface area is 182 Å². The van der Waals surface area contributed by atoms with Crippen molar-refractivity contribution in [2.75, 3.05) is 12.0 Å². The lowest BCUT2D eigenvalue weighted by Crippen LogP contribution is -2.29.